The van der Waals surface area contributed by atoms with Crippen molar-refractivity contribution >= 4 is 12.4 Å². The van der Waals surface area contributed by atoms with E-state index in [1.807, 2.05) is 0 Å². The first-order valence-electron chi connectivity index (χ1n) is 3.16. The third-order valence-corrected chi connectivity index (χ3v) is 1.01. The van der Waals surface area contributed by atoms with Gasteiger partial charge in [-0.2, -0.15) is 0 Å². The molecule has 2 N–H and O–H groups in total. The molecule has 1 aromatic rings. The summed E-state index contributed by atoms with van der Waals surface area (Å²) in [5.74, 6) is 0.522. The van der Waals surface area contributed by atoms with Crippen molar-refractivity contribution in [2.45, 2.75) is 6.42 Å². The molecule has 0 saturated carbocycles. The van der Waals surface area contributed by atoms with Gasteiger partial charge in [0.05, 0.1) is 6.61 Å². The fourth-order valence-electron chi connectivity index (χ4n) is 0.536. The van der Waals surface area contributed by atoms with Crippen LogP contribution >= 0.6 is 12.4 Å². The van der Waals surface area contributed by atoms with Gasteiger partial charge in [0.25, 0.3) is 5.88 Å². The van der Waals surface area contributed by atoms with E-state index in [9.17, 15) is 0 Å². The number of rotatable bonds is 4. The molecule has 0 radical (unpaired) electrons. The standard InChI is InChI=1S/C6H10N2O2.ClH/c7-3-1-4-9-6-2-5-10-8-6;/h2,5H,1,3-4,7H2;1H. The van der Waals surface area contributed by atoms with E-state index >= 15 is 0 Å². The number of nitrogens with two attached hydrogens (primary N) is 1. The molecule has 0 spiro atoms. The molecule has 0 aliphatic heterocycles. The predicted molar refractivity (Wildman–Crippen MR) is 42.9 cm³/mol. The number of halogens is 1. The van der Waals surface area contributed by atoms with Gasteiger partial charge in [-0.15, -0.1) is 12.4 Å². The van der Waals surface area contributed by atoms with Gasteiger partial charge in [0.2, 0.25) is 0 Å². The Morgan fingerprint density at radius 2 is 2.45 bits per heavy atom. The van der Waals surface area contributed by atoms with Crippen molar-refractivity contribution in [3.05, 3.63) is 12.3 Å². The van der Waals surface area contributed by atoms with Gasteiger partial charge in [-0.3, -0.25) is 0 Å². The summed E-state index contributed by atoms with van der Waals surface area (Å²) in [5.41, 5.74) is 5.24. The molecule has 0 amide bonds. The van der Waals surface area contributed by atoms with Crippen molar-refractivity contribution in [3.63, 3.8) is 0 Å². The number of hydrogen-bond acceptors (Lipinski definition) is 4. The van der Waals surface area contributed by atoms with Crippen LogP contribution in [0.5, 0.6) is 5.88 Å². The average Bonchev–Trinajstić information content (AvgIpc) is 2.41. The molecule has 0 atom stereocenters. The van der Waals surface area contributed by atoms with Gasteiger partial charge < -0.3 is 15.0 Å². The lowest BCUT2D eigenvalue weighted by atomic mass is 10.5. The zero-order valence-electron chi connectivity index (χ0n) is 6.03. The molecule has 0 fully saturated rings. The van der Waals surface area contributed by atoms with E-state index in [-0.39, 0.29) is 12.4 Å². The fourth-order valence-corrected chi connectivity index (χ4v) is 0.536. The number of hydrogen-bond donors (Lipinski definition) is 1. The van der Waals surface area contributed by atoms with Crippen LogP contribution in [0.3, 0.4) is 0 Å². The molecule has 0 unspecified atom stereocenters. The fraction of sp³-hybridized carbons (Fsp3) is 0.500. The van der Waals surface area contributed by atoms with E-state index < -0.39 is 0 Å². The summed E-state index contributed by atoms with van der Waals surface area (Å²) in [5, 5.41) is 3.55. The third-order valence-electron chi connectivity index (χ3n) is 1.01. The van der Waals surface area contributed by atoms with Gasteiger partial charge in [0.15, 0.2) is 0 Å². The minimum atomic E-state index is 0. The topological polar surface area (TPSA) is 61.3 Å². The van der Waals surface area contributed by atoms with Crippen molar-refractivity contribution in [1.29, 1.82) is 0 Å². The Hall–Kier alpha value is -0.740. The second kappa shape index (κ2) is 6.00. The molecule has 0 aliphatic carbocycles. The normalized spacial score (nSPS) is 8.82. The van der Waals surface area contributed by atoms with Crippen molar-refractivity contribution in [3.8, 4) is 5.88 Å². The molecule has 64 valence electrons. The molecule has 1 heterocycles. The molecule has 0 aliphatic rings. The minimum Gasteiger partial charge on any atom is -0.475 e. The molecule has 1 aromatic heterocycles. The highest BCUT2D eigenvalue weighted by Gasteiger charge is 1.93. The zero-order valence-corrected chi connectivity index (χ0v) is 6.84. The maximum Gasteiger partial charge on any atom is 0.253 e. The highest BCUT2D eigenvalue weighted by molar-refractivity contribution is 5.85. The van der Waals surface area contributed by atoms with Gasteiger partial charge in [0, 0.05) is 6.07 Å². The van der Waals surface area contributed by atoms with E-state index in [0.717, 1.165) is 6.42 Å². The minimum absolute atomic E-state index is 0. The van der Waals surface area contributed by atoms with Crippen molar-refractivity contribution < 1.29 is 9.26 Å². The lowest BCUT2D eigenvalue weighted by Gasteiger charge is -1.97. The largest absolute Gasteiger partial charge is 0.475 e. The van der Waals surface area contributed by atoms with Crippen LogP contribution in [-0.2, 0) is 0 Å². The molecule has 0 aromatic carbocycles. The quantitative estimate of drug-likeness (QED) is 0.694. The highest BCUT2D eigenvalue weighted by Crippen LogP contribution is 2.03. The first kappa shape index (κ1) is 10.3. The van der Waals surface area contributed by atoms with Crippen LogP contribution < -0.4 is 10.5 Å². The maximum atomic E-state index is 5.24. The number of ether oxygens (including phenoxy) is 1. The summed E-state index contributed by atoms with van der Waals surface area (Å²) in [4.78, 5) is 0. The Labute approximate surface area is 71.1 Å². The third kappa shape index (κ3) is 3.85. The Morgan fingerprint density at radius 1 is 1.64 bits per heavy atom. The summed E-state index contributed by atoms with van der Waals surface area (Å²) >= 11 is 0. The van der Waals surface area contributed by atoms with E-state index in [2.05, 4.69) is 9.68 Å². The number of nitrogens with zero attached hydrogens (tertiary/aromatic N) is 1. The van der Waals surface area contributed by atoms with Crippen molar-refractivity contribution in [1.82, 2.24) is 5.16 Å². The molecule has 5 heteroatoms. The van der Waals surface area contributed by atoms with Crippen LogP contribution in [0.4, 0.5) is 0 Å². The highest BCUT2D eigenvalue weighted by atomic mass is 35.5. The van der Waals surface area contributed by atoms with Gasteiger partial charge in [0.1, 0.15) is 6.26 Å². The molecular weight excluding hydrogens is 168 g/mol. The Morgan fingerprint density at radius 3 is 3.00 bits per heavy atom. The van der Waals surface area contributed by atoms with Crippen molar-refractivity contribution in [2.75, 3.05) is 13.2 Å². The van der Waals surface area contributed by atoms with Crippen LogP contribution in [0.1, 0.15) is 6.42 Å². The molecule has 0 bridgehead atoms. The molecule has 0 saturated heterocycles. The summed E-state index contributed by atoms with van der Waals surface area (Å²) in [6, 6.07) is 1.66. The molecule has 1 rings (SSSR count). The number of aromatic nitrogens is 1. The molecule has 11 heavy (non-hydrogen) atoms. The van der Waals surface area contributed by atoms with Crippen LogP contribution in [0.15, 0.2) is 16.9 Å². The van der Waals surface area contributed by atoms with E-state index in [1.165, 1.54) is 6.26 Å². The van der Waals surface area contributed by atoms with Gasteiger partial charge in [-0.25, -0.2) is 0 Å². The molecular formula is C6H11ClN2O2. The van der Waals surface area contributed by atoms with E-state index in [4.69, 9.17) is 10.5 Å². The van der Waals surface area contributed by atoms with Crippen LogP contribution in [0.2, 0.25) is 0 Å². The Balaban J connectivity index is 0.000001000. The summed E-state index contributed by atoms with van der Waals surface area (Å²) in [6.07, 6.45) is 2.31. The van der Waals surface area contributed by atoms with E-state index in [1.54, 1.807) is 6.07 Å². The lowest BCUT2D eigenvalue weighted by molar-refractivity contribution is 0.276. The van der Waals surface area contributed by atoms with Crippen LogP contribution in [0, 0.1) is 0 Å². The zero-order chi connectivity index (χ0) is 7.23. The molecule has 4 nitrogen and oxygen atoms in total. The average molecular weight is 179 g/mol. The Kier molecular flexibility index (Phi) is 5.60. The van der Waals surface area contributed by atoms with Gasteiger partial charge in [-0.1, -0.05) is 0 Å². The SMILES string of the molecule is Cl.NCCCOc1ccon1. The van der Waals surface area contributed by atoms with Crippen LogP contribution in [0.25, 0.3) is 0 Å². The second-order valence-electron chi connectivity index (χ2n) is 1.83. The van der Waals surface area contributed by atoms with Crippen molar-refractivity contribution in [2.24, 2.45) is 5.73 Å². The maximum absolute atomic E-state index is 5.24. The Bertz CT molecular complexity index is 167. The first-order valence-corrected chi connectivity index (χ1v) is 3.16. The smallest absolute Gasteiger partial charge is 0.253 e. The predicted octanol–water partition coefficient (Wildman–Crippen LogP) is 0.824. The first-order chi connectivity index (χ1) is 4.93. The van der Waals surface area contributed by atoms with Gasteiger partial charge >= 0.3 is 0 Å². The van der Waals surface area contributed by atoms with E-state index in [0.29, 0.717) is 19.0 Å². The van der Waals surface area contributed by atoms with Gasteiger partial charge in [-0.05, 0) is 18.1 Å². The summed E-state index contributed by atoms with van der Waals surface area (Å²) in [7, 11) is 0. The summed E-state index contributed by atoms with van der Waals surface area (Å²) in [6.45, 7) is 1.24. The monoisotopic (exact) mass is 178 g/mol. The van der Waals surface area contributed by atoms with Crippen LogP contribution in [-0.4, -0.2) is 18.3 Å². The second-order valence-corrected chi connectivity index (χ2v) is 1.83. The lowest BCUT2D eigenvalue weighted by Crippen LogP contribution is -2.05. The summed E-state index contributed by atoms with van der Waals surface area (Å²) < 4.78 is 9.64.